The molecule has 86 valence electrons. The molecular weight excluding hydrogens is 200 g/mol. The monoisotopic (exact) mass is 224 g/mol. The van der Waals surface area contributed by atoms with Crippen molar-refractivity contribution >= 4 is 8.32 Å². The van der Waals surface area contributed by atoms with Crippen LogP contribution in [-0.4, -0.2) is 14.9 Å². The molecule has 1 nitrogen and oxygen atoms in total. The van der Waals surface area contributed by atoms with Gasteiger partial charge in [0.15, 0.2) is 8.32 Å². The summed E-state index contributed by atoms with van der Waals surface area (Å²) in [5.41, 5.74) is 0. The second-order valence-electron chi connectivity index (χ2n) is 4.34. The molecule has 0 N–H and O–H groups in total. The van der Waals surface area contributed by atoms with Gasteiger partial charge in [-0.1, -0.05) is 38.2 Å². The molecule has 0 atom stereocenters. The van der Waals surface area contributed by atoms with Crippen LogP contribution in [0.25, 0.3) is 0 Å². The number of allylic oxidation sites excluding steroid dienone is 1. The largest absolute Gasteiger partial charge is 0.417 e. The zero-order valence-electron chi connectivity index (χ0n) is 10.4. The first-order valence-electron chi connectivity index (χ1n) is 5.85. The fourth-order valence-electron chi connectivity index (χ4n) is 1.33. The summed E-state index contributed by atoms with van der Waals surface area (Å²) in [7, 11) is -1.36. The van der Waals surface area contributed by atoms with Crippen molar-refractivity contribution in [3.63, 3.8) is 0 Å². The van der Waals surface area contributed by atoms with E-state index in [0.29, 0.717) is 0 Å². The Balaban J connectivity index is 3.51. The molecule has 0 spiro atoms. The Morgan fingerprint density at radius 3 is 2.67 bits per heavy atom. The maximum absolute atomic E-state index is 5.96. The molecule has 0 unspecified atom stereocenters. The van der Waals surface area contributed by atoms with E-state index >= 15 is 0 Å². The van der Waals surface area contributed by atoms with Crippen LogP contribution in [-0.2, 0) is 4.43 Å². The molecule has 0 heterocycles. The third-order valence-corrected chi connectivity index (χ3v) is 4.82. The zero-order chi connectivity index (χ0) is 11.6. The molecule has 2 heteroatoms. The minimum atomic E-state index is -1.36. The summed E-state index contributed by atoms with van der Waals surface area (Å²) >= 11 is 0. The first-order valence-corrected chi connectivity index (χ1v) is 8.97. The number of rotatable bonds is 7. The van der Waals surface area contributed by atoms with E-state index in [1.165, 1.54) is 18.9 Å². The quantitative estimate of drug-likeness (QED) is 0.361. The van der Waals surface area contributed by atoms with Gasteiger partial charge >= 0.3 is 0 Å². The van der Waals surface area contributed by atoms with E-state index in [1.807, 2.05) is 0 Å². The van der Waals surface area contributed by atoms with E-state index in [4.69, 9.17) is 4.43 Å². The maximum Gasteiger partial charge on any atom is 0.186 e. The van der Waals surface area contributed by atoms with E-state index < -0.39 is 8.32 Å². The molecule has 0 aliphatic heterocycles. The third-order valence-electron chi connectivity index (χ3n) is 2.28. The normalized spacial score (nSPS) is 10.6. The van der Waals surface area contributed by atoms with Crippen LogP contribution in [0.15, 0.2) is 12.7 Å². The Bertz CT molecular complexity index is 222. The molecule has 0 amide bonds. The second kappa shape index (κ2) is 8.76. The summed E-state index contributed by atoms with van der Waals surface area (Å²) in [6.07, 6.45) is 6.18. The summed E-state index contributed by atoms with van der Waals surface area (Å²) < 4.78 is 5.96. The van der Waals surface area contributed by atoms with Gasteiger partial charge in [-0.25, -0.2) is 0 Å². The van der Waals surface area contributed by atoms with Crippen molar-refractivity contribution in [2.24, 2.45) is 0 Å². The number of hydrogen-bond acceptors (Lipinski definition) is 1. The molecular formula is C13H24OSi. The molecule has 0 aliphatic carbocycles. The number of unbranched alkanes of at least 4 members (excludes halogenated alkanes) is 2. The number of hydrogen-bond donors (Lipinski definition) is 0. The van der Waals surface area contributed by atoms with Crippen LogP contribution in [0.4, 0.5) is 0 Å². The highest BCUT2D eigenvalue weighted by Gasteiger charge is 2.20. The zero-order valence-corrected chi connectivity index (χ0v) is 11.4. The van der Waals surface area contributed by atoms with Crippen LogP contribution in [0.1, 0.15) is 32.6 Å². The minimum Gasteiger partial charge on any atom is -0.417 e. The molecule has 0 aromatic carbocycles. The highest BCUT2D eigenvalue weighted by molar-refractivity contribution is 6.71. The van der Waals surface area contributed by atoms with Crippen LogP contribution in [0.5, 0.6) is 0 Å². The van der Waals surface area contributed by atoms with Gasteiger partial charge in [-0.2, -0.15) is 0 Å². The van der Waals surface area contributed by atoms with Crippen molar-refractivity contribution in [2.45, 2.75) is 51.7 Å². The average molecular weight is 224 g/mol. The van der Waals surface area contributed by atoms with Crippen LogP contribution in [0.2, 0.25) is 19.1 Å². The highest BCUT2D eigenvalue weighted by atomic mass is 28.4. The van der Waals surface area contributed by atoms with Crippen LogP contribution < -0.4 is 0 Å². The Labute approximate surface area is 96.0 Å². The van der Waals surface area contributed by atoms with Gasteiger partial charge in [0.05, 0.1) is 0 Å². The lowest BCUT2D eigenvalue weighted by Gasteiger charge is -2.22. The van der Waals surface area contributed by atoms with Gasteiger partial charge < -0.3 is 4.43 Å². The molecule has 0 aromatic heterocycles. The summed E-state index contributed by atoms with van der Waals surface area (Å²) in [5.74, 6) is 5.88. The Morgan fingerprint density at radius 2 is 2.07 bits per heavy atom. The molecule has 0 saturated carbocycles. The Kier molecular flexibility index (Phi) is 8.45. The van der Waals surface area contributed by atoms with Gasteiger partial charge in [-0.05, 0) is 31.6 Å². The minimum absolute atomic E-state index is 0.870. The van der Waals surface area contributed by atoms with Gasteiger partial charge in [0.2, 0.25) is 0 Å². The first kappa shape index (κ1) is 14.5. The molecule has 0 fully saturated rings. The fraction of sp³-hybridized carbons (Fsp3) is 0.692. The molecule has 0 aromatic rings. The van der Waals surface area contributed by atoms with Crippen LogP contribution in [0, 0.1) is 11.8 Å². The molecule has 0 radical (unpaired) electrons. The van der Waals surface area contributed by atoms with Crippen molar-refractivity contribution in [3.05, 3.63) is 12.7 Å². The lowest BCUT2D eigenvalue weighted by molar-refractivity contribution is 0.301. The van der Waals surface area contributed by atoms with Crippen molar-refractivity contribution in [2.75, 3.05) is 6.61 Å². The van der Waals surface area contributed by atoms with Gasteiger partial charge in [0.25, 0.3) is 0 Å². The van der Waals surface area contributed by atoms with E-state index in [0.717, 1.165) is 19.4 Å². The molecule has 0 saturated heterocycles. The van der Waals surface area contributed by atoms with Crippen LogP contribution >= 0.6 is 0 Å². The van der Waals surface area contributed by atoms with E-state index in [2.05, 4.69) is 38.4 Å². The summed E-state index contributed by atoms with van der Waals surface area (Å²) in [5, 5.41) is 0. The van der Waals surface area contributed by atoms with Crippen molar-refractivity contribution in [1.29, 1.82) is 0 Å². The summed E-state index contributed by atoms with van der Waals surface area (Å²) in [6.45, 7) is 11.3. The van der Waals surface area contributed by atoms with Gasteiger partial charge in [-0.3, -0.25) is 0 Å². The molecule has 0 aliphatic rings. The summed E-state index contributed by atoms with van der Waals surface area (Å²) in [6, 6.07) is 1.28. The fourth-order valence-corrected chi connectivity index (χ4v) is 3.37. The third kappa shape index (κ3) is 9.77. The van der Waals surface area contributed by atoms with Crippen LogP contribution in [0.3, 0.4) is 0 Å². The first-order chi connectivity index (χ1) is 7.12. The van der Waals surface area contributed by atoms with Crippen molar-refractivity contribution in [1.82, 2.24) is 0 Å². The molecule has 15 heavy (non-hydrogen) atoms. The lowest BCUT2D eigenvalue weighted by Crippen LogP contribution is -2.30. The average Bonchev–Trinajstić information content (AvgIpc) is 2.20. The Morgan fingerprint density at radius 1 is 1.33 bits per heavy atom. The predicted molar refractivity (Wildman–Crippen MR) is 70.4 cm³/mol. The standard InChI is InChI=1S/C13H24OSi/c1-5-7-9-10-11-12-14-15(3,4)13-8-6-2/h5H,1,6,8,10-13H2,2-4H3. The topological polar surface area (TPSA) is 9.23 Å². The van der Waals surface area contributed by atoms with E-state index in [-0.39, 0.29) is 0 Å². The van der Waals surface area contributed by atoms with Gasteiger partial charge in [0.1, 0.15) is 0 Å². The second-order valence-corrected chi connectivity index (χ2v) is 8.65. The lowest BCUT2D eigenvalue weighted by atomic mass is 10.3. The Hall–Kier alpha value is -0.523. The molecule has 0 bridgehead atoms. The highest BCUT2D eigenvalue weighted by Crippen LogP contribution is 2.15. The van der Waals surface area contributed by atoms with Crippen molar-refractivity contribution < 1.29 is 4.43 Å². The smallest absolute Gasteiger partial charge is 0.186 e. The van der Waals surface area contributed by atoms with E-state index in [9.17, 15) is 0 Å². The van der Waals surface area contributed by atoms with Gasteiger partial charge in [-0.15, -0.1) is 0 Å². The van der Waals surface area contributed by atoms with Crippen molar-refractivity contribution in [3.8, 4) is 11.8 Å². The predicted octanol–water partition coefficient (Wildman–Crippen LogP) is 3.98. The van der Waals surface area contributed by atoms with E-state index in [1.54, 1.807) is 6.08 Å². The summed E-state index contributed by atoms with van der Waals surface area (Å²) in [4.78, 5) is 0. The van der Waals surface area contributed by atoms with Gasteiger partial charge in [0, 0.05) is 13.0 Å². The SMILES string of the molecule is C=CC#CCCCO[Si](C)(C)CCCC. The molecule has 0 rings (SSSR count). The maximum atomic E-state index is 5.96.